The third kappa shape index (κ3) is 3.67. The van der Waals surface area contributed by atoms with E-state index in [1.54, 1.807) is 12.1 Å². The van der Waals surface area contributed by atoms with Crippen LogP contribution in [0.1, 0.15) is 15.9 Å². The van der Waals surface area contributed by atoms with Crippen LogP contribution in [0.15, 0.2) is 97.1 Å². The highest BCUT2D eigenvalue weighted by molar-refractivity contribution is 6.03. The molecule has 0 aliphatic heterocycles. The predicted octanol–water partition coefficient (Wildman–Crippen LogP) is 5.57. The summed E-state index contributed by atoms with van der Waals surface area (Å²) in [5, 5.41) is 18.7. The lowest BCUT2D eigenvalue weighted by molar-refractivity contribution is -0.139. The third-order valence-electron chi connectivity index (χ3n) is 5.91. The van der Waals surface area contributed by atoms with Crippen molar-refractivity contribution in [3.05, 3.63) is 108 Å². The van der Waals surface area contributed by atoms with Gasteiger partial charge in [-0.1, -0.05) is 78.9 Å². The van der Waals surface area contributed by atoms with Crippen molar-refractivity contribution in [2.45, 2.75) is 12.5 Å². The van der Waals surface area contributed by atoms with E-state index in [4.69, 9.17) is 0 Å². The van der Waals surface area contributed by atoms with Gasteiger partial charge in [-0.15, -0.1) is 0 Å². The molecule has 5 aromatic rings. The molecule has 0 saturated carbocycles. The fourth-order valence-electron chi connectivity index (χ4n) is 4.30. The van der Waals surface area contributed by atoms with Gasteiger partial charge in [-0.2, -0.15) is 0 Å². The van der Waals surface area contributed by atoms with E-state index >= 15 is 0 Å². The number of aliphatic carboxylic acids is 1. The average Bonchev–Trinajstić information content (AvgIpc) is 2.82. The molecule has 0 heterocycles. The number of amides is 1. The van der Waals surface area contributed by atoms with Crippen molar-refractivity contribution in [1.82, 2.24) is 5.32 Å². The molecule has 0 unspecified atom stereocenters. The monoisotopic (exact) mass is 419 g/mol. The molecule has 0 aromatic heterocycles. The van der Waals surface area contributed by atoms with Crippen molar-refractivity contribution in [2.24, 2.45) is 0 Å². The predicted molar refractivity (Wildman–Crippen MR) is 128 cm³/mol. The first-order valence-electron chi connectivity index (χ1n) is 10.5. The topological polar surface area (TPSA) is 66.4 Å². The van der Waals surface area contributed by atoms with E-state index in [0.29, 0.717) is 5.56 Å². The molecule has 5 aromatic carbocycles. The molecule has 4 heteroatoms. The Morgan fingerprint density at radius 1 is 0.688 bits per heavy atom. The SMILES string of the molecule is O=C(N[C@H](Cc1c2ccccc2cc2ccccc12)C(=O)O)c1ccc2ccccc2c1. The standard InChI is InChI=1S/C28H21NO3/c30-27(22-14-13-18-7-1-2-8-19(18)15-22)29-26(28(31)32)17-25-23-11-5-3-9-20(23)16-21-10-4-6-12-24(21)25/h1-16,26H,17H2,(H,29,30)(H,31,32)/t26-/m1/s1. The van der Waals surface area contributed by atoms with Crippen LogP contribution in [0.5, 0.6) is 0 Å². The highest BCUT2D eigenvalue weighted by atomic mass is 16.4. The Kier molecular flexibility index (Phi) is 5.04. The molecule has 0 aliphatic rings. The fourth-order valence-corrected chi connectivity index (χ4v) is 4.30. The fraction of sp³-hybridized carbons (Fsp3) is 0.0714. The Morgan fingerprint density at radius 2 is 1.25 bits per heavy atom. The lowest BCUT2D eigenvalue weighted by Crippen LogP contribution is -2.42. The van der Waals surface area contributed by atoms with Crippen molar-refractivity contribution in [3.63, 3.8) is 0 Å². The minimum absolute atomic E-state index is 0.191. The van der Waals surface area contributed by atoms with E-state index in [1.807, 2.05) is 78.9 Å². The number of carbonyl (C=O) groups is 2. The van der Waals surface area contributed by atoms with Crippen molar-refractivity contribution < 1.29 is 14.7 Å². The maximum atomic E-state index is 12.9. The van der Waals surface area contributed by atoms with Gasteiger partial charge in [-0.25, -0.2) is 4.79 Å². The largest absolute Gasteiger partial charge is 0.480 e. The number of benzene rings is 5. The van der Waals surface area contributed by atoms with E-state index in [1.165, 1.54) is 0 Å². The van der Waals surface area contributed by atoms with E-state index < -0.39 is 17.9 Å². The zero-order valence-corrected chi connectivity index (χ0v) is 17.3. The van der Waals surface area contributed by atoms with Gasteiger partial charge in [0.25, 0.3) is 5.91 Å². The van der Waals surface area contributed by atoms with Crippen molar-refractivity contribution >= 4 is 44.2 Å². The lowest BCUT2D eigenvalue weighted by Gasteiger charge is -2.18. The normalized spacial score (nSPS) is 12.1. The molecule has 5 rings (SSSR count). The summed E-state index contributed by atoms with van der Waals surface area (Å²) >= 11 is 0. The first kappa shape index (κ1) is 19.8. The van der Waals surface area contributed by atoms with Gasteiger partial charge in [-0.3, -0.25) is 4.79 Å². The zero-order valence-electron chi connectivity index (χ0n) is 17.3. The molecular formula is C28H21NO3. The third-order valence-corrected chi connectivity index (χ3v) is 5.91. The van der Waals surface area contributed by atoms with Crippen LogP contribution in [-0.4, -0.2) is 23.0 Å². The molecule has 0 fully saturated rings. The van der Waals surface area contributed by atoms with Crippen molar-refractivity contribution in [2.75, 3.05) is 0 Å². The highest BCUT2D eigenvalue weighted by Crippen LogP contribution is 2.29. The van der Waals surface area contributed by atoms with E-state index in [2.05, 4.69) is 11.4 Å². The average molecular weight is 419 g/mol. The van der Waals surface area contributed by atoms with Crippen LogP contribution in [0, 0.1) is 0 Å². The van der Waals surface area contributed by atoms with Crippen LogP contribution in [0.2, 0.25) is 0 Å². The van der Waals surface area contributed by atoms with Crippen LogP contribution in [0.3, 0.4) is 0 Å². The first-order chi connectivity index (χ1) is 15.6. The number of carboxylic acids is 1. The van der Waals surface area contributed by atoms with Crippen LogP contribution >= 0.6 is 0 Å². The number of nitrogens with one attached hydrogen (secondary N) is 1. The summed E-state index contributed by atoms with van der Waals surface area (Å²) in [6.07, 6.45) is 0.191. The van der Waals surface area contributed by atoms with Crippen molar-refractivity contribution in [3.8, 4) is 0 Å². The number of fused-ring (bicyclic) bond motifs is 3. The van der Waals surface area contributed by atoms with E-state index in [-0.39, 0.29) is 6.42 Å². The Bertz CT molecular complexity index is 1430. The second kappa shape index (κ2) is 8.16. The maximum absolute atomic E-state index is 12.9. The van der Waals surface area contributed by atoms with Gasteiger partial charge in [0.15, 0.2) is 0 Å². The molecule has 1 atom stereocenters. The van der Waals surface area contributed by atoms with Gasteiger partial charge in [-0.05, 0) is 56.1 Å². The molecule has 1 amide bonds. The second-order valence-electron chi connectivity index (χ2n) is 7.93. The highest BCUT2D eigenvalue weighted by Gasteiger charge is 2.23. The quantitative estimate of drug-likeness (QED) is 0.366. The molecule has 2 N–H and O–H groups in total. The number of carbonyl (C=O) groups excluding carboxylic acids is 1. The molecule has 32 heavy (non-hydrogen) atoms. The first-order valence-corrected chi connectivity index (χ1v) is 10.5. The minimum Gasteiger partial charge on any atom is -0.480 e. The summed E-state index contributed by atoms with van der Waals surface area (Å²) in [5.41, 5.74) is 1.36. The molecule has 156 valence electrons. The molecule has 0 saturated heterocycles. The van der Waals surface area contributed by atoms with Crippen LogP contribution in [0.4, 0.5) is 0 Å². The summed E-state index contributed by atoms with van der Waals surface area (Å²) in [4.78, 5) is 25.1. The van der Waals surface area contributed by atoms with Gasteiger partial charge in [0.05, 0.1) is 0 Å². The van der Waals surface area contributed by atoms with E-state index in [0.717, 1.165) is 37.9 Å². The van der Waals surface area contributed by atoms with Crippen molar-refractivity contribution in [1.29, 1.82) is 0 Å². The number of hydrogen-bond donors (Lipinski definition) is 2. The van der Waals surface area contributed by atoms with Gasteiger partial charge >= 0.3 is 5.97 Å². The van der Waals surface area contributed by atoms with Crippen LogP contribution in [0.25, 0.3) is 32.3 Å². The summed E-state index contributed by atoms with van der Waals surface area (Å²) < 4.78 is 0. The van der Waals surface area contributed by atoms with E-state index in [9.17, 15) is 14.7 Å². The summed E-state index contributed by atoms with van der Waals surface area (Å²) in [7, 11) is 0. The Morgan fingerprint density at radius 3 is 1.88 bits per heavy atom. The second-order valence-corrected chi connectivity index (χ2v) is 7.93. The Hall–Kier alpha value is -4.18. The van der Waals surface area contributed by atoms with Gasteiger partial charge < -0.3 is 10.4 Å². The van der Waals surface area contributed by atoms with Gasteiger partial charge in [0.1, 0.15) is 6.04 Å². The minimum atomic E-state index is -1.06. The molecule has 4 nitrogen and oxygen atoms in total. The summed E-state index contributed by atoms with van der Waals surface area (Å²) in [6.45, 7) is 0. The Balaban J connectivity index is 1.51. The summed E-state index contributed by atoms with van der Waals surface area (Å²) in [6, 6.07) is 30.1. The molecular weight excluding hydrogens is 398 g/mol. The zero-order chi connectivity index (χ0) is 22.1. The lowest BCUT2D eigenvalue weighted by atomic mass is 9.92. The Labute approximate surface area is 185 Å². The number of hydrogen-bond acceptors (Lipinski definition) is 2. The van der Waals surface area contributed by atoms with Gasteiger partial charge in [0.2, 0.25) is 0 Å². The molecule has 0 radical (unpaired) electrons. The van der Waals surface area contributed by atoms with Crippen LogP contribution in [-0.2, 0) is 11.2 Å². The maximum Gasteiger partial charge on any atom is 0.326 e. The smallest absolute Gasteiger partial charge is 0.326 e. The molecule has 0 spiro atoms. The van der Waals surface area contributed by atoms with Gasteiger partial charge in [0, 0.05) is 12.0 Å². The molecule has 0 bridgehead atoms. The molecule has 0 aliphatic carbocycles. The summed E-state index contributed by atoms with van der Waals surface area (Å²) in [5.74, 6) is -1.45. The van der Waals surface area contributed by atoms with Crippen LogP contribution < -0.4 is 5.32 Å². The number of rotatable bonds is 5. The number of carboxylic acid groups (broad SMARTS) is 1.